The second kappa shape index (κ2) is 49.5. The summed E-state index contributed by atoms with van der Waals surface area (Å²) in [6.07, 6.45) is 1.80. The molecule has 2 N–H and O–H groups in total. The summed E-state index contributed by atoms with van der Waals surface area (Å²) in [5.74, 6) is -0.195. The van der Waals surface area contributed by atoms with Crippen molar-refractivity contribution in [2.24, 2.45) is 0 Å². The van der Waals surface area contributed by atoms with Gasteiger partial charge in [0.1, 0.15) is 0 Å². The van der Waals surface area contributed by atoms with Gasteiger partial charge in [-0.15, -0.1) is 0 Å². The Hall–Kier alpha value is -0.647. The van der Waals surface area contributed by atoms with Gasteiger partial charge in [-0.3, -0.25) is 4.79 Å². The smallest absolute Gasteiger partial charge is 0.373 e. The molecule has 0 aromatic carbocycles. The molecule has 7 nitrogen and oxygen atoms in total. The van der Waals surface area contributed by atoms with Gasteiger partial charge in [-0.25, -0.2) is 0 Å². The van der Waals surface area contributed by atoms with E-state index in [1.807, 2.05) is 13.8 Å². The molecule has 0 amide bonds. The van der Waals surface area contributed by atoms with E-state index < -0.39 is 0 Å². The molecule has 1 aliphatic heterocycles. The molecule has 0 aliphatic carbocycles. The summed E-state index contributed by atoms with van der Waals surface area (Å²) in [5.41, 5.74) is 0. The second-order valence-corrected chi connectivity index (χ2v) is 3.37. The van der Waals surface area contributed by atoms with E-state index in [9.17, 15) is 4.79 Å². The van der Waals surface area contributed by atoms with Crippen LogP contribution in [0.5, 0.6) is 0 Å². The summed E-state index contributed by atoms with van der Waals surface area (Å²) < 4.78 is 9.47. The molecule has 2 unspecified atom stereocenters. The topological polar surface area (TPSA) is 113 Å². The van der Waals surface area contributed by atoms with Crippen LogP contribution in [0.15, 0.2) is 0 Å². The van der Waals surface area contributed by atoms with Crippen molar-refractivity contribution >= 4 is 12.1 Å². The quantitative estimate of drug-likeness (QED) is 0.313. The van der Waals surface area contributed by atoms with Gasteiger partial charge in [0, 0.05) is 40.1 Å². The Balaban J connectivity index is -0.0000000312. The summed E-state index contributed by atoms with van der Waals surface area (Å²) >= 11 is 0. The summed E-state index contributed by atoms with van der Waals surface area (Å²) in [4.78, 5) is 26.4. The van der Waals surface area contributed by atoms with Crippen molar-refractivity contribution in [2.45, 2.75) is 67.6 Å². The first-order valence-electron chi connectivity index (χ1n) is 6.93. The van der Waals surface area contributed by atoms with E-state index in [4.69, 9.17) is 29.3 Å². The number of aliphatic hydroxyl groups excluding tert-OH is 2. The third-order valence-corrected chi connectivity index (χ3v) is 1.44. The molecule has 24 heavy (non-hydrogen) atoms. The molecule has 0 radical (unpaired) electrons. The van der Waals surface area contributed by atoms with E-state index in [1.165, 1.54) is 6.92 Å². The van der Waals surface area contributed by atoms with E-state index in [-0.39, 0.29) is 51.7 Å². The van der Waals surface area contributed by atoms with Crippen molar-refractivity contribution in [3.8, 4) is 0 Å². The van der Waals surface area contributed by atoms with Crippen molar-refractivity contribution in [3.05, 3.63) is 6.92 Å². The zero-order chi connectivity index (χ0) is 19.0. The Labute approximate surface area is 160 Å². The molecule has 0 saturated carbocycles. The van der Waals surface area contributed by atoms with Crippen LogP contribution in [-0.4, -0.2) is 54.9 Å². The Bertz CT molecular complexity index is 216. The Morgan fingerprint density at radius 1 is 1.33 bits per heavy atom. The van der Waals surface area contributed by atoms with Gasteiger partial charge in [0.15, 0.2) is 0 Å². The van der Waals surface area contributed by atoms with Crippen molar-refractivity contribution in [2.75, 3.05) is 20.3 Å². The van der Waals surface area contributed by atoms with Gasteiger partial charge >= 0.3 is 12.1 Å². The van der Waals surface area contributed by atoms with Gasteiger partial charge in [0.05, 0.1) is 18.8 Å². The predicted octanol–water partition coefficient (Wildman–Crippen LogP) is 2.25. The zero-order valence-electron chi connectivity index (χ0n) is 15.6. The maximum atomic E-state index is 10.2. The van der Waals surface area contributed by atoms with E-state index in [1.54, 1.807) is 13.8 Å². The van der Waals surface area contributed by atoms with E-state index >= 15 is 0 Å². The van der Waals surface area contributed by atoms with Crippen LogP contribution in [0.1, 0.15) is 55.4 Å². The standard InChI is InChI=1S/C6H12O2.C3H6O.C2H6O.C2H5.CO2.CH4O.CH4.Zn/c1-4-5(2)8-6(3)7;1-3-2-4-3;1-2-3;1-2;2-1-3;1-2;;/h5H,4H2,1-3H3;3H,2H2,1H3;3H,2H2,1H3;1H2,2H3;;2H,1H3;1H4;/q;;;-1;;;;. The Morgan fingerprint density at radius 3 is 1.58 bits per heavy atom. The number of carbonyl (C=O) groups is 1. The molecular formula is C16H37O7Zn-. The van der Waals surface area contributed by atoms with E-state index in [2.05, 4.69) is 13.8 Å². The molecule has 2 atom stereocenters. The fourth-order valence-electron chi connectivity index (χ4n) is 0.463. The normalized spacial score (nSPS) is 12.5. The fraction of sp³-hybridized carbons (Fsp3) is 0.812. The summed E-state index contributed by atoms with van der Waals surface area (Å²) in [6, 6.07) is 0. The molecule has 1 fully saturated rings. The molecule has 1 rings (SSSR count). The minimum atomic E-state index is -0.195. The molecule has 1 saturated heterocycles. The number of carbonyl (C=O) groups excluding carboxylic acids is 3. The summed E-state index contributed by atoms with van der Waals surface area (Å²) in [5, 5.41) is 14.6. The van der Waals surface area contributed by atoms with Crippen LogP contribution >= 0.6 is 0 Å². The molecule has 0 aromatic heterocycles. The van der Waals surface area contributed by atoms with Crippen LogP contribution in [0.4, 0.5) is 0 Å². The average molecular weight is 407 g/mol. The van der Waals surface area contributed by atoms with Gasteiger partial charge in [0.2, 0.25) is 0 Å². The second-order valence-electron chi connectivity index (χ2n) is 3.37. The fourth-order valence-corrected chi connectivity index (χ4v) is 0.463. The average Bonchev–Trinajstić information content (AvgIpc) is 3.27. The molecule has 0 bridgehead atoms. The first kappa shape index (κ1) is 43.6. The summed E-state index contributed by atoms with van der Waals surface area (Å²) in [6.45, 7) is 15.3. The molecule has 0 aromatic rings. The van der Waals surface area contributed by atoms with Gasteiger partial charge in [0.25, 0.3) is 0 Å². The maximum Gasteiger partial charge on any atom is 0.373 e. The first-order chi connectivity index (χ1) is 10.4. The number of hydrogen-bond donors (Lipinski definition) is 2. The van der Waals surface area contributed by atoms with Crippen LogP contribution < -0.4 is 0 Å². The monoisotopic (exact) mass is 405 g/mol. The van der Waals surface area contributed by atoms with Crippen molar-refractivity contribution < 1.29 is 53.5 Å². The number of epoxide rings is 1. The maximum absolute atomic E-state index is 10.2. The van der Waals surface area contributed by atoms with Crippen molar-refractivity contribution in [1.29, 1.82) is 0 Å². The molecule has 1 aliphatic rings. The molecule has 1 heterocycles. The number of rotatable bonds is 2. The van der Waals surface area contributed by atoms with Gasteiger partial charge < -0.3 is 26.6 Å². The molecule has 8 heteroatoms. The minimum Gasteiger partial charge on any atom is -0.463 e. The van der Waals surface area contributed by atoms with Crippen molar-refractivity contribution in [1.82, 2.24) is 0 Å². The molecule has 0 spiro atoms. The Morgan fingerprint density at radius 2 is 1.54 bits per heavy atom. The number of hydrogen-bond acceptors (Lipinski definition) is 7. The third-order valence-electron chi connectivity index (χ3n) is 1.44. The first-order valence-corrected chi connectivity index (χ1v) is 6.93. The predicted molar refractivity (Wildman–Crippen MR) is 90.6 cm³/mol. The van der Waals surface area contributed by atoms with E-state index in [0.717, 1.165) is 20.1 Å². The van der Waals surface area contributed by atoms with Crippen LogP contribution in [0.3, 0.4) is 0 Å². The van der Waals surface area contributed by atoms with Crippen LogP contribution in [0.2, 0.25) is 0 Å². The Kier molecular flexibility index (Phi) is 89.9. The third kappa shape index (κ3) is 127. The number of esters is 1. The van der Waals surface area contributed by atoms with Crippen LogP contribution in [0, 0.1) is 6.92 Å². The van der Waals surface area contributed by atoms with Crippen LogP contribution in [-0.2, 0) is 43.3 Å². The van der Waals surface area contributed by atoms with Gasteiger partial charge in [-0.05, 0) is 27.2 Å². The SMILES string of the molecule is C.CC1CO1.CCC(C)OC(C)=O.CCO.CO.O=C=O.[CH2-]C.[Zn]. The molecular weight excluding hydrogens is 370 g/mol. The molecule has 146 valence electrons. The van der Waals surface area contributed by atoms with E-state index in [0.29, 0.717) is 6.10 Å². The largest absolute Gasteiger partial charge is 0.463 e. The van der Waals surface area contributed by atoms with Crippen molar-refractivity contribution in [3.63, 3.8) is 0 Å². The van der Waals surface area contributed by atoms with Gasteiger partial charge in [-0.2, -0.15) is 16.5 Å². The van der Waals surface area contributed by atoms with Crippen LogP contribution in [0.25, 0.3) is 0 Å². The number of aliphatic hydroxyl groups is 2. The zero-order valence-corrected chi connectivity index (χ0v) is 18.6. The van der Waals surface area contributed by atoms with Gasteiger partial charge in [-0.1, -0.05) is 14.4 Å². The number of ether oxygens (including phenoxy) is 2. The minimum absolute atomic E-state index is 0. The summed E-state index contributed by atoms with van der Waals surface area (Å²) in [7, 11) is 1.00.